The third kappa shape index (κ3) is 1.67. The van der Waals surface area contributed by atoms with Gasteiger partial charge in [-0.05, 0) is 31.9 Å². The van der Waals surface area contributed by atoms with Crippen LogP contribution in [-0.2, 0) is 12.0 Å². The highest BCUT2D eigenvalue weighted by Gasteiger charge is 2.26. The summed E-state index contributed by atoms with van der Waals surface area (Å²) < 4.78 is 10.7. The molecule has 82 valence electrons. The maximum Gasteiger partial charge on any atom is 0.231 e. The van der Waals surface area contributed by atoms with Gasteiger partial charge in [0.15, 0.2) is 11.5 Å². The summed E-state index contributed by atoms with van der Waals surface area (Å²) in [5.74, 6) is 1.57. The van der Waals surface area contributed by atoms with Crippen LogP contribution in [0.3, 0.4) is 0 Å². The van der Waals surface area contributed by atoms with Crippen molar-refractivity contribution in [2.24, 2.45) is 0 Å². The lowest BCUT2D eigenvalue weighted by atomic mass is 9.91. The van der Waals surface area contributed by atoms with Crippen LogP contribution in [0.5, 0.6) is 11.5 Å². The molecule has 0 saturated heterocycles. The molecular formula is C12H16O3. The molecule has 1 aromatic carbocycles. The summed E-state index contributed by atoms with van der Waals surface area (Å²) in [6.07, 6.45) is 0.825. The van der Waals surface area contributed by atoms with E-state index in [1.54, 1.807) is 13.8 Å². The quantitative estimate of drug-likeness (QED) is 0.809. The predicted molar refractivity (Wildman–Crippen MR) is 57.2 cm³/mol. The molecule has 2 rings (SSSR count). The average Bonchev–Trinajstić information content (AvgIpc) is 2.61. The summed E-state index contributed by atoms with van der Waals surface area (Å²) in [6, 6.07) is 3.77. The first-order chi connectivity index (χ1) is 7.04. The first-order valence-electron chi connectivity index (χ1n) is 5.18. The summed E-state index contributed by atoms with van der Waals surface area (Å²) in [4.78, 5) is 0. The Bertz CT molecular complexity index is 377. The molecule has 0 radical (unpaired) electrons. The minimum atomic E-state index is -0.841. The van der Waals surface area contributed by atoms with E-state index in [4.69, 9.17) is 9.47 Å². The fraction of sp³-hybridized carbons (Fsp3) is 0.500. The summed E-state index contributed by atoms with van der Waals surface area (Å²) in [5, 5.41) is 10.0. The van der Waals surface area contributed by atoms with E-state index in [1.165, 1.54) is 0 Å². The van der Waals surface area contributed by atoms with E-state index in [1.807, 2.05) is 19.1 Å². The first-order valence-corrected chi connectivity index (χ1v) is 5.18. The molecule has 0 unspecified atom stereocenters. The number of ether oxygens (including phenoxy) is 2. The lowest BCUT2D eigenvalue weighted by molar-refractivity contribution is 0.0773. The van der Waals surface area contributed by atoms with E-state index in [2.05, 4.69) is 0 Å². The van der Waals surface area contributed by atoms with Crippen molar-refractivity contribution < 1.29 is 14.6 Å². The van der Waals surface area contributed by atoms with Gasteiger partial charge in [-0.2, -0.15) is 0 Å². The van der Waals surface area contributed by atoms with Crippen molar-refractivity contribution in [2.75, 3.05) is 6.79 Å². The molecule has 0 bridgehead atoms. The number of benzene rings is 1. The summed E-state index contributed by atoms with van der Waals surface area (Å²) in [7, 11) is 0. The van der Waals surface area contributed by atoms with Crippen LogP contribution in [0, 0.1) is 0 Å². The van der Waals surface area contributed by atoms with Gasteiger partial charge in [-0.1, -0.05) is 13.0 Å². The number of rotatable bonds is 2. The second-order valence-corrected chi connectivity index (χ2v) is 4.24. The van der Waals surface area contributed by atoms with Crippen LogP contribution in [0.2, 0.25) is 0 Å². The summed E-state index contributed by atoms with van der Waals surface area (Å²) >= 11 is 0. The van der Waals surface area contributed by atoms with Crippen molar-refractivity contribution in [3.63, 3.8) is 0 Å². The maximum absolute atomic E-state index is 10.0. The van der Waals surface area contributed by atoms with Crippen molar-refractivity contribution in [3.8, 4) is 11.5 Å². The molecule has 1 aromatic rings. The van der Waals surface area contributed by atoms with Crippen molar-refractivity contribution in [3.05, 3.63) is 23.3 Å². The maximum atomic E-state index is 10.0. The zero-order valence-electron chi connectivity index (χ0n) is 9.33. The SMILES string of the molecule is CCc1c(C(C)(C)O)ccc2c1OCO2. The smallest absolute Gasteiger partial charge is 0.231 e. The van der Waals surface area contributed by atoms with Crippen LogP contribution in [0.4, 0.5) is 0 Å². The molecule has 0 aromatic heterocycles. The molecule has 1 aliphatic rings. The lowest BCUT2D eigenvalue weighted by Gasteiger charge is -2.22. The Hall–Kier alpha value is -1.22. The highest BCUT2D eigenvalue weighted by atomic mass is 16.7. The average molecular weight is 208 g/mol. The standard InChI is InChI=1S/C12H16O3/c1-4-8-9(12(2,3)13)5-6-10-11(8)15-7-14-10/h5-6,13H,4,7H2,1-3H3. The molecule has 3 nitrogen and oxygen atoms in total. The van der Waals surface area contributed by atoms with E-state index < -0.39 is 5.60 Å². The Balaban J connectivity index is 2.58. The molecule has 15 heavy (non-hydrogen) atoms. The largest absolute Gasteiger partial charge is 0.454 e. The van der Waals surface area contributed by atoms with Crippen LogP contribution in [0.15, 0.2) is 12.1 Å². The second-order valence-electron chi connectivity index (χ2n) is 4.24. The van der Waals surface area contributed by atoms with Crippen molar-refractivity contribution in [1.29, 1.82) is 0 Å². The minimum Gasteiger partial charge on any atom is -0.454 e. The fourth-order valence-electron chi connectivity index (χ4n) is 1.95. The Labute approximate surface area is 89.6 Å². The molecule has 0 amide bonds. The lowest BCUT2D eigenvalue weighted by Crippen LogP contribution is -2.18. The van der Waals surface area contributed by atoms with E-state index in [0.29, 0.717) is 0 Å². The predicted octanol–water partition coefficient (Wildman–Crippen LogP) is 2.21. The van der Waals surface area contributed by atoms with Gasteiger partial charge >= 0.3 is 0 Å². The highest BCUT2D eigenvalue weighted by molar-refractivity contribution is 5.53. The van der Waals surface area contributed by atoms with E-state index in [0.717, 1.165) is 29.0 Å². The molecule has 0 aliphatic carbocycles. The Kier molecular flexibility index (Phi) is 2.35. The van der Waals surface area contributed by atoms with Crippen molar-refractivity contribution >= 4 is 0 Å². The van der Waals surface area contributed by atoms with Crippen LogP contribution >= 0.6 is 0 Å². The zero-order chi connectivity index (χ0) is 11.1. The molecule has 0 fully saturated rings. The van der Waals surface area contributed by atoms with Gasteiger partial charge < -0.3 is 14.6 Å². The molecule has 0 saturated carbocycles. The number of hydrogen-bond donors (Lipinski definition) is 1. The minimum absolute atomic E-state index is 0.275. The van der Waals surface area contributed by atoms with Gasteiger partial charge in [0, 0.05) is 5.56 Å². The van der Waals surface area contributed by atoms with Crippen molar-refractivity contribution in [1.82, 2.24) is 0 Å². The van der Waals surface area contributed by atoms with Gasteiger partial charge in [-0.25, -0.2) is 0 Å². The molecular weight excluding hydrogens is 192 g/mol. The number of aliphatic hydroxyl groups is 1. The van der Waals surface area contributed by atoms with E-state index >= 15 is 0 Å². The number of fused-ring (bicyclic) bond motifs is 1. The highest BCUT2D eigenvalue weighted by Crippen LogP contribution is 2.40. The molecule has 0 spiro atoms. The van der Waals surface area contributed by atoms with Gasteiger partial charge in [-0.3, -0.25) is 0 Å². The van der Waals surface area contributed by atoms with Gasteiger partial charge in [0.1, 0.15) is 0 Å². The Morgan fingerprint density at radius 3 is 2.67 bits per heavy atom. The molecule has 3 heteroatoms. The Morgan fingerprint density at radius 1 is 1.33 bits per heavy atom. The van der Waals surface area contributed by atoms with Crippen LogP contribution in [0.25, 0.3) is 0 Å². The normalized spacial score (nSPS) is 14.4. The zero-order valence-corrected chi connectivity index (χ0v) is 9.33. The monoisotopic (exact) mass is 208 g/mol. The van der Waals surface area contributed by atoms with Gasteiger partial charge in [-0.15, -0.1) is 0 Å². The van der Waals surface area contributed by atoms with E-state index in [-0.39, 0.29) is 6.79 Å². The number of hydrogen-bond acceptors (Lipinski definition) is 3. The summed E-state index contributed by atoms with van der Waals surface area (Å²) in [6.45, 7) is 5.89. The van der Waals surface area contributed by atoms with Crippen molar-refractivity contribution in [2.45, 2.75) is 32.8 Å². The molecule has 1 N–H and O–H groups in total. The van der Waals surface area contributed by atoms with Gasteiger partial charge in [0.2, 0.25) is 6.79 Å². The molecule has 1 heterocycles. The van der Waals surface area contributed by atoms with Crippen LogP contribution in [-0.4, -0.2) is 11.9 Å². The Morgan fingerprint density at radius 2 is 2.07 bits per heavy atom. The van der Waals surface area contributed by atoms with Gasteiger partial charge in [0.05, 0.1) is 5.60 Å². The molecule has 1 aliphatic heterocycles. The third-order valence-corrected chi connectivity index (χ3v) is 2.65. The summed E-state index contributed by atoms with van der Waals surface area (Å²) in [5.41, 5.74) is 1.11. The van der Waals surface area contributed by atoms with Gasteiger partial charge in [0.25, 0.3) is 0 Å². The van der Waals surface area contributed by atoms with Crippen LogP contribution < -0.4 is 9.47 Å². The third-order valence-electron chi connectivity index (χ3n) is 2.65. The molecule has 0 atom stereocenters. The van der Waals surface area contributed by atoms with Crippen LogP contribution in [0.1, 0.15) is 31.9 Å². The fourth-order valence-corrected chi connectivity index (χ4v) is 1.95. The van der Waals surface area contributed by atoms with E-state index in [9.17, 15) is 5.11 Å². The topological polar surface area (TPSA) is 38.7 Å². The second kappa shape index (κ2) is 3.42. The first kappa shape index (κ1) is 10.3.